The Bertz CT molecular complexity index is 488. The molecule has 2 atom stereocenters. The van der Waals surface area contributed by atoms with Gasteiger partial charge in [-0.1, -0.05) is 19.9 Å². The maximum absolute atomic E-state index is 11.8. The van der Waals surface area contributed by atoms with Gasteiger partial charge in [-0.15, -0.1) is 0 Å². The van der Waals surface area contributed by atoms with Crippen molar-refractivity contribution in [3.63, 3.8) is 0 Å². The summed E-state index contributed by atoms with van der Waals surface area (Å²) in [6, 6.07) is 6.64. The summed E-state index contributed by atoms with van der Waals surface area (Å²) in [5.41, 5.74) is 2.70. The van der Waals surface area contributed by atoms with Gasteiger partial charge in [-0.3, -0.25) is 4.79 Å². The van der Waals surface area contributed by atoms with E-state index in [9.17, 15) is 4.79 Å². The Hall–Kier alpha value is -1.55. The third-order valence-electron chi connectivity index (χ3n) is 3.87. The highest BCUT2D eigenvalue weighted by atomic mass is 16.5. The normalized spacial score (nSPS) is 18.1. The van der Waals surface area contributed by atoms with E-state index in [1.807, 2.05) is 13.0 Å². The lowest BCUT2D eigenvalue weighted by atomic mass is 10.1. The third kappa shape index (κ3) is 3.97. The minimum Gasteiger partial charge on any atom is -0.481 e. The summed E-state index contributed by atoms with van der Waals surface area (Å²) in [7, 11) is 0. The number of nitrogens with one attached hydrogen (secondary N) is 2. The summed E-state index contributed by atoms with van der Waals surface area (Å²) in [5.74, 6) is 0.730. The summed E-state index contributed by atoms with van der Waals surface area (Å²) in [6.07, 6.45) is 2.68. The highest BCUT2D eigenvalue weighted by molar-refractivity contribution is 5.80. The summed E-state index contributed by atoms with van der Waals surface area (Å²) in [5, 5.41) is 6.35. The maximum Gasteiger partial charge on any atom is 0.260 e. The van der Waals surface area contributed by atoms with Gasteiger partial charge in [-0.25, -0.2) is 0 Å². The van der Waals surface area contributed by atoms with Gasteiger partial charge < -0.3 is 15.4 Å². The lowest BCUT2D eigenvalue weighted by Gasteiger charge is -2.16. The van der Waals surface area contributed by atoms with Crippen LogP contribution in [0.5, 0.6) is 5.75 Å². The fraction of sp³-hybridized carbons (Fsp3) is 0.588. The second-order valence-electron chi connectivity index (χ2n) is 5.56. The van der Waals surface area contributed by atoms with E-state index in [1.54, 1.807) is 6.92 Å². The Morgan fingerprint density at radius 1 is 1.43 bits per heavy atom. The third-order valence-corrected chi connectivity index (χ3v) is 3.87. The molecule has 0 fully saturated rings. The molecule has 1 aromatic rings. The number of benzene rings is 1. The Labute approximate surface area is 127 Å². The summed E-state index contributed by atoms with van der Waals surface area (Å²) < 4.78 is 5.76. The molecule has 4 nitrogen and oxygen atoms in total. The molecule has 4 heteroatoms. The van der Waals surface area contributed by atoms with Crippen LogP contribution >= 0.6 is 0 Å². The van der Waals surface area contributed by atoms with Gasteiger partial charge in [0.1, 0.15) is 5.75 Å². The SMILES string of the molecule is CCCNC(=O)C(C)Oc1ccc2c(c1)CCC2NCC. The number of rotatable bonds is 7. The van der Waals surface area contributed by atoms with Crippen LogP contribution in [0.4, 0.5) is 0 Å². The first-order valence-corrected chi connectivity index (χ1v) is 7.96. The number of amides is 1. The largest absolute Gasteiger partial charge is 0.481 e. The average molecular weight is 290 g/mol. The van der Waals surface area contributed by atoms with Crippen LogP contribution in [0, 0.1) is 0 Å². The van der Waals surface area contributed by atoms with Crippen LogP contribution in [-0.4, -0.2) is 25.1 Å². The molecule has 116 valence electrons. The Kier molecular flexibility index (Phi) is 5.62. The average Bonchev–Trinajstić information content (AvgIpc) is 2.87. The second-order valence-corrected chi connectivity index (χ2v) is 5.56. The molecule has 0 aromatic heterocycles. The van der Waals surface area contributed by atoms with Gasteiger partial charge in [0, 0.05) is 12.6 Å². The van der Waals surface area contributed by atoms with E-state index >= 15 is 0 Å². The lowest BCUT2D eigenvalue weighted by molar-refractivity contribution is -0.127. The molecule has 21 heavy (non-hydrogen) atoms. The zero-order valence-corrected chi connectivity index (χ0v) is 13.2. The number of hydrogen-bond acceptors (Lipinski definition) is 3. The molecule has 0 aliphatic heterocycles. The van der Waals surface area contributed by atoms with E-state index in [1.165, 1.54) is 11.1 Å². The fourth-order valence-corrected chi connectivity index (χ4v) is 2.78. The van der Waals surface area contributed by atoms with Gasteiger partial charge in [0.15, 0.2) is 6.10 Å². The molecule has 1 aliphatic rings. The highest BCUT2D eigenvalue weighted by Crippen LogP contribution is 2.33. The number of carbonyl (C=O) groups is 1. The van der Waals surface area contributed by atoms with Crippen molar-refractivity contribution in [2.24, 2.45) is 0 Å². The van der Waals surface area contributed by atoms with E-state index in [0.29, 0.717) is 12.6 Å². The first kappa shape index (κ1) is 15.8. The van der Waals surface area contributed by atoms with Crippen LogP contribution < -0.4 is 15.4 Å². The summed E-state index contributed by atoms with van der Waals surface area (Å²) in [6.45, 7) is 7.64. The van der Waals surface area contributed by atoms with E-state index in [2.05, 4.69) is 29.7 Å². The van der Waals surface area contributed by atoms with Crippen LogP contribution in [0.25, 0.3) is 0 Å². The topological polar surface area (TPSA) is 50.4 Å². The van der Waals surface area contributed by atoms with Crippen LogP contribution in [0.15, 0.2) is 18.2 Å². The van der Waals surface area contributed by atoms with E-state index < -0.39 is 6.10 Å². The number of fused-ring (bicyclic) bond motifs is 1. The molecule has 0 radical (unpaired) electrons. The zero-order chi connectivity index (χ0) is 15.2. The van der Waals surface area contributed by atoms with E-state index in [0.717, 1.165) is 31.6 Å². The second kappa shape index (κ2) is 7.46. The van der Waals surface area contributed by atoms with Crippen molar-refractivity contribution in [2.75, 3.05) is 13.1 Å². The molecule has 1 amide bonds. The summed E-state index contributed by atoms with van der Waals surface area (Å²) >= 11 is 0. The summed E-state index contributed by atoms with van der Waals surface area (Å²) in [4.78, 5) is 11.8. The van der Waals surface area contributed by atoms with Crippen molar-refractivity contribution < 1.29 is 9.53 Å². The van der Waals surface area contributed by atoms with Crippen LogP contribution in [0.2, 0.25) is 0 Å². The molecule has 0 saturated heterocycles. The van der Waals surface area contributed by atoms with Crippen LogP contribution in [0.3, 0.4) is 0 Å². The number of hydrogen-bond donors (Lipinski definition) is 2. The molecule has 2 rings (SSSR count). The standard InChI is InChI=1S/C17H26N2O2/c1-4-10-19-17(20)12(3)21-14-7-8-15-13(11-14)6-9-16(15)18-5-2/h7-8,11-12,16,18H,4-6,9-10H2,1-3H3,(H,19,20). The molecule has 1 aromatic carbocycles. The predicted octanol–water partition coefficient (Wildman–Crippen LogP) is 2.58. The minimum absolute atomic E-state index is 0.0529. The fourth-order valence-electron chi connectivity index (χ4n) is 2.78. The van der Waals surface area contributed by atoms with Crippen molar-refractivity contribution in [1.29, 1.82) is 0 Å². The monoisotopic (exact) mass is 290 g/mol. The van der Waals surface area contributed by atoms with Gasteiger partial charge in [-0.05, 0) is 56.0 Å². The minimum atomic E-state index is -0.458. The molecular weight excluding hydrogens is 264 g/mol. The van der Waals surface area contributed by atoms with Gasteiger partial charge >= 0.3 is 0 Å². The van der Waals surface area contributed by atoms with Crippen molar-refractivity contribution in [3.8, 4) is 5.75 Å². The first-order chi connectivity index (χ1) is 10.2. The molecule has 2 unspecified atom stereocenters. The lowest BCUT2D eigenvalue weighted by Crippen LogP contribution is -2.36. The predicted molar refractivity (Wildman–Crippen MR) is 84.6 cm³/mol. The quantitative estimate of drug-likeness (QED) is 0.811. The van der Waals surface area contributed by atoms with Crippen molar-refractivity contribution >= 4 is 5.91 Å². The molecular formula is C17H26N2O2. The first-order valence-electron chi connectivity index (χ1n) is 7.96. The molecule has 1 aliphatic carbocycles. The molecule has 0 heterocycles. The molecule has 0 bridgehead atoms. The smallest absolute Gasteiger partial charge is 0.260 e. The molecule has 0 saturated carbocycles. The van der Waals surface area contributed by atoms with Gasteiger partial charge in [0.2, 0.25) is 0 Å². The van der Waals surface area contributed by atoms with Gasteiger partial charge in [-0.2, -0.15) is 0 Å². The van der Waals surface area contributed by atoms with Crippen LogP contribution in [0.1, 0.15) is 50.8 Å². The van der Waals surface area contributed by atoms with Crippen molar-refractivity contribution in [1.82, 2.24) is 10.6 Å². The van der Waals surface area contributed by atoms with Crippen molar-refractivity contribution in [2.45, 2.75) is 52.2 Å². The maximum atomic E-state index is 11.8. The van der Waals surface area contributed by atoms with E-state index in [-0.39, 0.29) is 5.91 Å². The van der Waals surface area contributed by atoms with Gasteiger partial charge in [0.25, 0.3) is 5.91 Å². The van der Waals surface area contributed by atoms with Gasteiger partial charge in [0.05, 0.1) is 0 Å². The Morgan fingerprint density at radius 2 is 2.24 bits per heavy atom. The molecule has 0 spiro atoms. The Balaban J connectivity index is 1.98. The van der Waals surface area contributed by atoms with Crippen molar-refractivity contribution in [3.05, 3.63) is 29.3 Å². The zero-order valence-electron chi connectivity index (χ0n) is 13.2. The highest BCUT2D eigenvalue weighted by Gasteiger charge is 2.22. The van der Waals surface area contributed by atoms with E-state index in [4.69, 9.17) is 4.74 Å². The Morgan fingerprint density at radius 3 is 2.95 bits per heavy atom. The van der Waals surface area contributed by atoms with Crippen LogP contribution in [-0.2, 0) is 11.2 Å². The number of ether oxygens (including phenoxy) is 1. The number of carbonyl (C=O) groups excluding carboxylic acids is 1. The molecule has 2 N–H and O–H groups in total. The number of aryl methyl sites for hydroxylation is 1.